The Labute approximate surface area is 162 Å². The molecule has 1 saturated heterocycles. The van der Waals surface area contributed by atoms with Gasteiger partial charge in [-0.15, -0.1) is 0 Å². The second-order valence-electron chi connectivity index (χ2n) is 6.44. The Morgan fingerprint density at radius 1 is 1.00 bits per heavy atom. The summed E-state index contributed by atoms with van der Waals surface area (Å²) in [4.78, 5) is 39.4. The largest absolute Gasteiger partial charge is 0.350 e. The molecule has 2 aromatic carbocycles. The normalized spacial score (nSPS) is 14.0. The zero-order valence-electron chi connectivity index (χ0n) is 15.2. The lowest BCUT2D eigenvalue weighted by Gasteiger charge is -2.33. The van der Waals surface area contributed by atoms with Crippen LogP contribution in [0.1, 0.15) is 5.56 Å². The molecule has 2 N–H and O–H groups in total. The molecule has 28 heavy (non-hydrogen) atoms. The standard InChI is InChI=1S/C20H21FN4O3/c21-16-6-8-17(9-7-16)23-20(28)25-11-10-24(19(27)14-25)13-18(26)22-12-15-4-2-1-3-5-15/h1-9H,10-14H2,(H,22,26)(H,23,28). The highest BCUT2D eigenvalue weighted by Crippen LogP contribution is 2.11. The zero-order chi connectivity index (χ0) is 19.9. The number of anilines is 1. The van der Waals surface area contributed by atoms with Crippen LogP contribution in [0.15, 0.2) is 54.6 Å². The summed E-state index contributed by atoms with van der Waals surface area (Å²) in [5.41, 5.74) is 1.42. The molecule has 8 heteroatoms. The first-order valence-electron chi connectivity index (χ1n) is 8.91. The van der Waals surface area contributed by atoms with Crippen molar-refractivity contribution in [2.45, 2.75) is 6.54 Å². The molecular weight excluding hydrogens is 363 g/mol. The highest BCUT2D eigenvalue weighted by atomic mass is 19.1. The number of hydrogen-bond acceptors (Lipinski definition) is 3. The van der Waals surface area contributed by atoms with Gasteiger partial charge >= 0.3 is 6.03 Å². The van der Waals surface area contributed by atoms with Gasteiger partial charge in [0.1, 0.15) is 12.4 Å². The molecule has 1 aliphatic heterocycles. The molecular formula is C20H21FN4O3. The van der Waals surface area contributed by atoms with Crippen LogP contribution in [0.4, 0.5) is 14.9 Å². The van der Waals surface area contributed by atoms with E-state index in [1.807, 2.05) is 30.3 Å². The Kier molecular flexibility index (Phi) is 6.21. The van der Waals surface area contributed by atoms with Gasteiger partial charge in [0.15, 0.2) is 0 Å². The second kappa shape index (κ2) is 8.98. The molecule has 0 bridgehead atoms. The van der Waals surface area contributed by atoms with Crippen LogP contribution in [0.25, 0.3) is 0 Å². The molecule has 1 aliphatic rings. The molecule has 0 spiro atoms. The van der Waals surface area contributed by atoms with Crippen molar-refractivity contribution < 1.29 is 18.8 Å². The average Bonchev–Trinajstić information content (AvgIpc) is 2.70. The molecule has 0 radical (unpaired) electrons. The third-order valence-electron chi connectivity index (χ3n) is 4.37. The van der Waals surface area contributed by atoms with Gasteiger partial charge in [0.05, 0.1) is 6.54 Å². The average molecular weight is 384 g/mol. The first-order valence-corrected chi connectivity index (χ1v) is 8.91. The number of carbonyl (C=O) groups is 3. The van der Waals surface area contributed by atoms with E-state index in [4.69, 9.17) is 0 Å². The monoisotopic (exact) mass is 384 g/mol. The molecule has 1 fully saturated rings. The van der Waals surface area contributed by atoms with Gasteiger partial charge < -0.3 is 20.4 Å². The SMILES string of the molecule is O=C(CN1CCN(C(=O)Nc2ccc(F)cc2)CC1=O)NCc1ccccc1. The summed E-state index contributed by atoms with van der Waals surface area (Å²) in [7, 11) is 0. The molecule has 7 nitrogen and oxygen atoms in total. The van der Waals surface area contributed by atoms with E-state index >= 15 is 0 Å². The van der Waals surface area contributed by atoms with E-state index in [0.29, 0.717) is 18.8 Å². The van der Waals surface area contributed by atoms with Gasteiger partial charge in [-0.1, -0.05) is 30.3 Å². The smallest absolute Gasteiger partial charge is 0.322 e. The highest BCUT2D eigenvalue weighted by molar-refractivity contribution is 5.94. The quantitative estimate of drug-likeness (QED) is 0.825. The summed E-state index contributed by atoms with van der Waals surface area (Å²) in [6.45, 7) is 0.825. The Bertz CT molecular complexity index is 842. The summed E-state index contributed by atoms with van der Waals surface area (Å²) >= 11 is 0. The van der Waals surface area contributed by atoms with Gasteiger partial charge in [0, 0.05) is 25.3 Å². The van der Waals surface area contributed by atoms with Crippen LogP contribution in [-0.2, 0) is 16.1 Å². The third-order valence-corrected chi connectivity index (χ3v) is 4.37. The number of piperazine rings is 1. The van der Waals surface area contributed by atoms with Crippen molar-refractivity contribution in [3.8, 4) is 0 Å². The number of hydrogen-bond donors (Lipinski definition) is 2. The van der Waals surface area contributed by atoms with E-state index < -0.39 is 11.8 Å². The van der Waals surface area contributed by atoms with Crippen molar-refractivity contribution in [1.29, 1.82) is 0 Å². The molecule has 3 rings (SSSR count). The number of nitrogens with zero attached hydrogens (tertiary/aromatic N) is 2. The maximum Gasteiger partial charge on any atom is 0.322 e. The number of amides is 4. The van der Waals surface area contributed by atoms with Crippen LogP contribution in [0.5, 0.6) is 0 Å². The van der Waals surface area contributed by atoms with Gasteiger partial charge in [-0.05, 0) is 29.8 Å². The van der Waals surface area contributed by atoms with Crippen LogP contribution in [0, 0.1) is 5.82 Å². The number of carbonyl (C=O) groups excluding carboxylic acids is 3. The summed E-state index contributed by atoms with van der Waals surface area (Å²) < 4.78 is 12.9. The molecule has 2 aromatic rings. The van der Waals surface area contributed by atoms with Crippen molar-refractivity contribution in [3.05, 3.63) is 66.0 Å². The van der Waals surface area contributed by atoms with E-state index in [9.17, 15) is 18.8 Å². The highest BCUT2D eigenvalue weighted by Gasteiger charge is 2.28. The van der Waals surface area contributed by atoms with Crippen molar-refractivity contribution in [2.75, 3.05) is 31.5 Å². The molecule has 4 amide bonds. The molecule has 0 saturated carbocycles. The summed E-state index contributed by atoms with van der Waals surface area (Å²) in [5, 5.41) is 5.41. The van der Waals surface area contributed by atoms with E-state index in [1.54, 1.807) is 0 Å². The van der Waals surface area contributed by atoms with Crippen molar-refractivity contribution in [1.82, 2.24) is 15.1 Å². The van der Waals surface area contributed by atoms with Crippen LogP contribution in [-0.4, -0.2) is 53.8 Å². The fourth-order valence-corrected chi connectivity index (χ4v) is 2.81. The number of halogens is 1. The summed E-state index contributed by atoms with van der Waals surface area (Å²) in [6.07, 6.45) is 0. The van der Waals surface area contributed by atoms with E-state index in [1.165, 1.54) is 34.1 Å². The van der Waals surface area contributed by atoms with Gasteiger partial charge in [-0.3, -0.25) is 9.59 Å². The Balaban J connectivity index is 1.45. The van der Waals surface area contributed by atoms with Crippen LogP contribution < -0.4 is 10.6 Å². The number of nitrogens with one attached hydrogen (secondary N) is 2. The fraction of sp³-hybridized carbons (Fsp3) is 0.250. The molecule has 0 aromatic heterocycles. The lowest BCUT2D eigenvalue weighted by atomic mass is 10.2. The van der Waals surface area contributed by atoms with Gasteiger partial charge in [-0.25, -0.2) is 9.18 Å². The Morgan fingerprint density at radius 2 is 1.71 bits per heavy atom. The summed E-state index contributed by atoms with van der Waals surface area (Å²) in [5.74, 6) is -0.941. The lowest BCUT2D eigenvalue weighted by molar-refractivity contribution is -0.139. The second-order valence-corrected chi connectivity index (χ2v) is 6.44. The van der Waals surface area contributed by atoms with Gasteiger partial charge in [0.2, 0.25) is 11.8 Å². The zero-order valence-corrected chi connectivity index (χ0v) is 15.2. The number of benzene rings is 2. The minimum absolute atomic E-state index is 0.0426. The molecule has 1 heterocycles. The van der Waals surface area contributed by atoms with Gasteiger partial charge in [-0.2, -0.15) is 0 Å². The van der Waals surface area contributed by atoms with Crippen molar-refractivity contribution in [2.24, 2.45) is 0 Å². The minimum Gasteiger partial charge on any atom is -0.350 e. The summed E-state index contributed by atoms with van der Waals surface area (Å²) in [6, 6.07) is 14.4. The predicted molar refractivity (Wildman–Crippen MR) is 102 cm³/mol. The number of rotatable bonds is 5. The first-order chi connectivity index (χ1) is 13.5. The molecule has 0 atom stereocenters. The number of urea groups is 1. The van der Waals surface area contributed by atoms with Gasteiger partial charge in [0.25, 0.3) is 0 Å². The van der Waals surface area contributed by atoms with Crippen LogP contribution >= 0.6 is 0 Å². The van der Waals surface area contributed by atoms with Crippen LogP contribution in [0.2, 0.25) is 0 Å². The van der Waals surface area contributed by atoms with E-state index in [2.05, 4.69) is 10.6 Å². The predicted octanol–water partition coefficient (Wildman–Crippen LogP) is 1.82. The Hall–Kier alpha value is -3.42. The Morgan fingerprint density at radius 3 is 2.39 bits per heavy atom. The third kappa shape index (κ3) is 5.29. The van der Waals surface area contributed by atoms with Crippen molar-refractivity contribution in [3.63, 3.8) is 0 Å². The molecule has 146 valence electrons. The fourth-order valence-electron chi connectivity index (χ4n) is 2.81. The molecule has 0 unspecified atom stereocenters. The van der Waals surface area contributed by atoms with E-state index in [-0.39, 0.29) is 31.4 Å². The van der Waals surface area contributed by atoms with Crippen LogP contribution in [0.3, 0.4) is 0 Å². The molecule has 0 aliphatic carbocycles. The lowest BCUT2D eigenvalue weighted by Crippen LogP contribution is -2.55. The van der Waals surface area contributed by atoms with E-state index in [0.717, 1.165) is 5.56 Å². The maximum atomic E-state index is 12.9. The maximum absolute atomic E-state index is 12.9. The first kappa shape index (κ1) is 19.3. The minimum atomic E-state index is -0.437. The topological polar surface area (TPSA) is 81.8 Å². The van der Waals surface area contributed by atoms with Crippen molar-refractivity contribution >= 4 is 23.5 Å².